The van der Waals surface area contributed by atoms with Crippen molar-refractivity contribution in [3.05, 3.63) is 145 Å². The molecule has 0 amide bonds. The van der Waals surface area contributed by atoms with Crippen molar-refractivity contribution in [3.8, 4) is 34.1 Å². The van der Waals surface area contributed by atoms with Gasteiger partial charge < -0.3 is 37.9 Å². The second-order valence-electron chi connectivity index (χ2n) is 12.2. The molecule has 0 N–H and O–H groups in total. The zero-order valence-electron chi connectivity index (χ0n) is 31.7. The Balaban J connectivity index is 1.63. The number of esters is 4. The number of benzene rings is 4. The van der Waals surface area contributed by atoms with Gasteiger partial charge in [-0.1, -0.05) is 87.3 Å². The summed E-state index contributed by atoms with van der Waals surface area (Å²) in [5, 5.41) is 0. The van der Waals surface area contributed by atoms with Gasteiger partial charge in [0.15, 0.2) is 23.0 Å². The van der Waals surface area contributed by atoms with Crippen LogP contribution in [0.3, 0.4) is 0 Å². The maximum absolute atomic E-state index is 11.9. The van der Waals surface area contributed by atoms with Gasteiger partial charge in [0.05, 0.1) is 5.41 Å². The van der Waals surface area contributed by atoms with Crippen LogP contribution < -0.4 is 18.9 Å². The molecule has 4 aromatic carbocycles. The molecule has 12 nitrogen and oxygen atoms in total. The van der Waals surface area contributed by atoms with E-state index in [1.807, 2.05) is 48.5 Å². The Morgan fingerprint density at radius 2 is 0.860 bits per heavy atom. The molecule has 0 unspecified atom stereocenters. The van der Waals surface area contributed by atoms with Crippen LogP contribution in [0.1, 0.15) is 35.6 Å². The van der Waals surface area contributed by atoms with E-state index < -0.39 is 23.3 Å². The number of carbonyl (C=O) groups is 4. The summed E-state index contributed by atoms with van der Waals surface area (Å²) in [4.78, 5) is 46.9. The third-order valence-corrected chi connectivity index (χ3v) is 8.85. The fraction of sp³-hybridized carbons (Fsp3) is 0.244. The average Bonchev–Trinajstić information content (AvgIpc) is 3.55. The summed E-state index contributed by atoms with van der Waals surface area (Å²) < 4.78 is 45.2. The maximum atomic E-state index is 11.9. The number of ether oxygens (including phenoxy) is 8. The summed E-state index contributed by atoms with van der Waals surface area (Å²) in [5.41, 5.74) is 4.66. The molecule has 1 aliphatic rings. The molecule has 0 aromatic heterocycles. The van der Waals surface area contributed by atoms with Gasteiger partial charge in [-0.25, -0.2) is 14.4 Å². The predicted octanol–water partition coefficient (Wildman–Crippen LogP) is 6.71. The van der Waals surface area contributed by atoms with Crippen molar-refractivity contribution in [2.75, 3.05) is 52.9 Å². The van der Waals surface area contributed by atoms with E-state index >= 15 is 0 Å². The SMILES string of the molecule is C=CC(=O)OCCOc1ccc(C2(c3ccc(OCCOC(=O)C=C)c(OCCOC(=O)CC)c3)c3ccccc3-c3ccccc32)cc1OCCOC(=O)C=C. The first-order chi connectivity index (χ1) is 27.8. The van der Waals surface area contributed by atoms with Crippen molar-refractivity contribution in [2.45, 2.75) is 18.8 Å². The van der Waals surface area contributed by atoms with Gasteiger partial charge in [-0.3, -0.25) is 4.79 Å². The van der Waals surface area contributed by atoms with Gasteiger partial charge in [0.25, 0.3) is 0 Å². The van der Waals surface area contributed by atoms with E-state index in [9.17, 15) is 19.2 Å². The molecule has 1 aliphatic carbocycles. The molecule has 57 heavy (non-hydrogen) atoms. The second-order valence-corrected chi connectivity index (χ2v) is 12.2. The van der Waals surface area contributed by atoms with E-state index in [1.165, 1.54) is 0 Å². The first kappa shape index (κ1) is 41.3. The molecule has 0 fully saturated rings. The Kier molecular flexibility index (Phi) is 14.7. The first-order valence-electron chi connectivity index (χ1n) is 18.3. The highest BCUT2D eigenvalue weighted by Gasteiger charge is 2.46. The minimum absolute atomic E-state index is 0.000241. The fourth-order valence-corrected chi connectivity index (χ4v) is 6.44. The monoisotopic (exact) mass is 776 g/mol. The van der Waals surface area contributed by atoms with Crippen molar-refractivity contribution in [1.82, 2.24) is 0 Å². The standard InChI is InChI=1S/C45H44O12/c1-5-41(46)54-25-21-50-37-19-17-31(29-39(37)52-23-27-56-43(48)7-3)45(35-15-11-9-13-33(35)34-14-10-12-16-36(34)45)32-18-20-38(51-22-26-55-42(47)6-2)40(30-32)53-24-28-57-44(49)8-4/h5-7,9-20,29-30H,1-3,8,21-28H2,4H3. The van der Waals surface area contributed by atoms with E-state index in [4.69, 9.17) is 37.9 Å². The van der Waals surface area contributed by atoms with Gasteiger partial charge in [0.2, 0.25) is 0 Å². The van der Waals surface area contributed by atoms with Gasteiger partial charge in [0.1, 0.15) is 52.9 Å². The second kappa shape index (κ2) is 20.2. The first-order valence-corrected chi connectivity index (χ1v) is 18.3. The third-order valence-electron chi connectivity index (χ3n) is 8.85. The van der Waals surface area contributed by atoms with Crippen LogP contribution in [0.2, 0.25) is 0 Å². The van der Waals surface area contributed by atoms with E-state index in [1.54, 1.807) is 19.1 Å². The van der Waals surface area contributed by atoms with Crippen LogP contribution in [0.15, 0.2) is 123 Å². The Morgan fingerprint density at radius 3 is 1.25 bits per heavy atom. The highest BCUT2D eigenvalue weighted by molar-refractivity contribution is 5.87. The summed E-state index contributed by atoms with van der Waals surface area (Å²) in [6.07, 6.45) is 3.45. The Morgan fingerprint density at radius 1 is 0.491 bits per heavy atom. The molecular weight excluding hydrogens is 732 g/mol. The van der Waals surface area contributed by atoms with E-state index in [-0.39, 0.29) is 65.2 Å². The number of fused-ring (bicyclic) bond motifs is 3. The minimum atomic E-state index is -0.955. The Bertz CT molecular complexity index is 2060. The molecule has 0 aliphatic heterocycles. The van der Waals surface area contributed by atoms with E-state index in [0.717, 1.165) is 51.6 Å². The molecule has 12 heteroatoms. The Hall–Kier alpha value is -6.82. The highest BCUT2D eigenvalue weighted by atomic mass is 16.6. The molecule has 5 rings (SSSR count). The maximum Gasteiger partial charge on any atom is 0.330 e. The van der Waals surface area contributed by atoms with Gasteiger partial charge in [0, 0.05) is 24.6 Å². The molecule has 0 saturated heterocycles. The molecule has 0 radical (unpaired) electrons. The molecule has 296 valence electrons. The molecule has 0 heterocycles. The Labute approximate surface area is 331 Å². The molecule has 0 atom stereocenters. The van der Waals surface area contributed by atoms with Crippen LogP contribution in [0.25, 0.3) is 11.1 Å². The minimum Gasteiger partial charge on any atom is -0.486 e. The lowest BCUT2D eigenvalue weighted by molar-refractivity contribution is -0.144. The fourth-order valence-electron chi connectivity index (χ4n) is 6.44. The normalized spacial score (nSPS) is 11.8. The summed E-state index contributed by atoms with van der Waals surface area (Å²) in [6.45, 7) is 12.0. The van der Waals surface area contributed by atoms with E-state index in [2.05, 4.69) is 44.0 Å². The van der Waals surface area contributed by atoms with E-state index in [0.29, 0.717) is 23.0 Å². The number of rotatable bonds is 22. The van der Waals surface area contributed by atoms with Gasteiger partial charge in [-0.15, -0.1) is 0 Å². The van der Waals surface area contributed by atoms with Crippen LogP contribution in [0, 0.1) is 0 Å². The summed E-state index contributed by atoms with van der Waals surface area (Å²) in [5.74, 6) is -0.628. The number of hydrogen-bond donors (Lipinski definition) is 0. The topological polar surface area (TPSA) is 142 Å². The van der Waals surface area contributed by atoms with Gasteiger partial charge >= 0.3 is 23.9 Å². The lowest BCUT2D eigenvalue weighted by Gasteiger charge is -2.34. The van der Waals surface area contributed by atoms with Crippen molar-refractivity contribution in [2.24, 2.45) is 0 Å². The van der Waals surface area contributed by atoms with Crippen molar-refractivity contribution in [3.63, 3.8) is 0 Å². The van der Waals surface area contributed by atoms with Crippen LogP contribution in [-0.4, -0.2) is 76.7 Å². The molecule has 0 spiro atoms. The quantitative estimate of drug-likeness (QED) is 0.0319. The van der Waals surface area contributed by atoms with Crippen LogP contribution in [0.4, 0.5) is 0 Å². The molecule has 4 aromatic rings. The summed E-state index contributed by atoms with van der Waals surface area (Å²) in [7, 11) is 0. The number of carbonyl (C=O) groups excluding carboxylic acids is 4. The average molecular weight is 777 g/mol. The lowest BCUT2D eigenvalue weighted by atomic mass is 9.67. The van der Waals surface area contributed by atoms with Crippen LogP contribution in [-0.2, 0) is 43.5 Å². The summed E-state index contributed by atoms with van der Waals surface area (Å²) in [6, 6.07) is 27.5. The van der Waals surface area contributed by atoms with Crippen molar-refractivity contribution < 1.29 is 57.1 Å². The summed E-state index contributed by atoms with van der Waals surface area (Å²) >= 11 is 0. The zero-order chi connectivity index (χ0) is 40.6. The van der Waals surface area contributed by atoms with Crippen molar-refractivity contribution in [1.29, 1.82) is 0 Å². The van der Waals surface area contributed by atoms with Gasteiger partial charge in [-0.05, 0) is 57.6 Å². The third kappa shape index (κ3) is 9.90. The largest absolute Gasteiger partial charge is 0.486 e. The molecule has 0 bridgehead atoms. The van der Waals surface area contributed by atoms with Crippen LogP contribution >= 0.6 is 0 Å². The molecular formula is C45H44O12. The molecule has 0 saturated carbocycles. The van der Waals surface area contributed by atoms with Crippen molar-refractivity contribution >= 4 is 23.9 Å². The smallest absolute Gasteiger partial charge is 0.330 e. The zero-order valence-corrected chi connectivity index (χ0v) is 31.7. The van der Waals surface area contributed by atoms with Crippen LogP contribution in [0.5, 0.6) is 23.0 Å². The predicted molar refractivity (Wildman–Crippen MR) is 210 cm³/mol. The number of hydrogen-bond acceptors (Lipinski definition) is 12. The highest BCUT2D eigenvalue weighted by Crippen LogP contribution is 2.57. The van der Waals surface area contributed by atoms with Gasteiger partial charge in [-0.2, -0.15) is 0 Å². The lowest BCUT2D eigenvalue weighted by Crippen LogP contribution is -2.29.